The Morgan fingerprint density at radius 2 is 1.71 bits per heavy atom. The number of Topliss-reactive ketones (excluding diaryl/α,β-unsaturated/α-hetero) is 1. The fourth-order valence-corrected chi connectivity index (χ4v) is 2.70. The predicted molar refractivity (Wildman–Crippen MR) is 70.9 cm³/mol. The van der Waals surface area contributed by atoms with Crippen LogP contribution in [0, 0.1) is 5.82 Å². The van der Waals surface area contributed by atoms with E-state index in [1.807, 2.05) is 0 Å². The first-order chi connectivity index (χ1) is 9.62. The van der Waals surface area contributed by atoms with Crippen LogP contribution in [0.1, 0.15) is 34.1 Å². The van der Waals surface area contributed by atoms with Gasteiger partial charge in [-0.2, -0.15) is 13.2 Å². The summed E-state index contributed by atoms with van der Waals surface area (Å²) in [7, 11) is 0. The summed E-state index contributed by atoms with van der Waals surface area (Å²) >= 11 is 0.313. The molecule has 0 radical (unpaired) electrons. The predicted octanol–water partition coefficient (Wildman–Crippen LogP) is 4.46. The molecule has 0 fully saturated rings. The van der Waals surface area contributed by atoms with Gasteiger partial charge < -0.3 is 0 Å². The Kier molecular flexibility index (Phi) is 3.88. The zero-order valence-corrected chi connectivity index (χ0v) is 12.0. The van der Waals surface area contributed by atoms with Gasteiger partial charge in [-0.3, -0.25) is 4.79 Å². The van der Waals surface area contributed by atoms with Crippen molar-refractivity contribution in [1.29, 1.82) is 0 Å². The van der Waals surface area contributed by atoms with Crippen LogP contribution in [0.2, 0.25) is 0 Å². The van der Waals surface area contributed by atoms with Crippen molar-refractivity contribution in [3.63, 3.8) is 0 Å². The van der Waals surface area contributed by atoms with Gasteiger partial charge in [0.25, 0.3) is 0 Å². The summed E-state index contributed by atoms with van der Waals surface area (Å²) in [6.45, 7) is 3.16. The van der Waals surface area contributed by atoms with Crippen molar-refractivity contribution in [2.45, 2.75) is 25.4 Å². The van der Waals surface area contributed by atoms with Gasteiger partial charge in [0.15, 0.2) is 10.8 Å². The van der Waals surface area contributed by atoms with Crippen molar-refractivity contribution >= 4 is 17.1 Å². The summed E-state index contributed by atoms with van der Waals surface area (Å²) in [4.78, 5) is 15.6. The maximum atomic E-state index is 12.9. The summed E-state index contributed by atoms with van der Waals surface area (Å²) in [5, 5.41) is -1.05. The van der Waals surface area contributed by atoms with Crippen LogP contribution in [0.4, 0.5) is 17.6 Å². The Morgan fingerprint density at radius 1 is 1.14 bits per heavy atom. The lowest BCUT2D eigenvalue weighted by Crippen LogP contribution is -2.28. The highest BCUT2D eigenvalue weighted by atomic mass is 32.1. The van der Waals surface area contributed by atoms with E-state index < -0.39 is 28.2 Å². The molecule has 0 unspecified atom stereocenters. The lowest BCUT2D eigenvalue weighted by Gasteiger charge is -2.22. The number of carbonyl (C=O) groups is 1. The number of halogens is 4. The van der Waals surface area contributed by atoms with Gasteiger partial charge in [0.05, 0.1) is 10.3 Å². The highest BCUT2D eigenvalue weighted by molar-refractivity contribution is 7.13. The second-order valence-electron chi connectivity index (χ2n) is 4.99. The summed E-state index contributed by atoms with van der Waals surface area (Å²) in [6, 6.07) is 5.30. The maximum absolute atomic E-state index is 12.9. The standard InChI is InChI=1S/C14H11F4NOS/c1-13(2,8-3-5-9(15)6-4-8)11(20)10-7-19-12(21-10)14(16,17)18/h3-7H,1-2H3. The van der Waals surface area contributed by atoms with Gasteiger partial charge in [-0.15, -0.1) is 11.3 Å². The molecule has 2 nitrogen and oxygen atoms in total. The van der Waals surface area contributed by atoms with Crippen LogP contribution in [0.25, 0.3) is 0 Å². The first-order valence-electron chi connectivity index (χ1n) is 5.96. The van der Waals surface area contributed by atoms with Crippen LogP contribution in [0.5, 0.6) is 0 Å². The monoisotopic (exact) mass is 317 g/mol. The average molecular weight is 317 g/mol. The first-order valence-corrected chi connectivity index (χ1v) is 6.78. The van der Waals surface area contributed by atoms with Crippen LogP contribution >= 0.6 is 11.3 Å². The SMILES string of the molecule is CC(C)(C(=O)c1cnc(C(F)(F)F)s1)c1ccc(F)cc1. The van der Waals surface area contributed by atoms with Gasteiger partial charge in [0.2, 0.25) is 0 Å². The lowest BCUT2D eigenvalue weighted by molar-refractivity contribution is -0.137. The molecule has 1 aromatic heterocycles. The molecule has 7 heteroatoms. The molecule has 0 saturated heterocycles. The maximum Gasteiger partial charge on any atom is 0.443 e. The Labute approximate surface area is 122 Å². The minimum atomic E-state index is -4.57. The summed E-state index contributed by atoms with van der Waals surface area (Å²) in [5.74, 6) is -0.929. The summed E-state index contributed by atoms with van der Waals surface area (Å²) in [6.07, 6.45) is -3.63. The molecule has 0 N–H and O–H groups in total. The first kappa shape index (κ1) is 15.6. The number of thiazole rings is 1. The minimum Gasteiger partial charge on any atom is -0.292 e. The molecule has 2 rings (SSSR count). The zero-order valence-electron chi connectivity index (χ0n) is 11.2. The molecule has 0 saturated carbocycles. The second-order valence-corrected chi connectivity index (χ2v) is 6.02. The highest BCUT2D eigenvalue weighted by Gasteiger charge is 2.38. The number of alkyl halides is 3. The van der Waals surface area contributed by atoms with E-state index in [4.69, 9.17) is 0 Å². The second kappa shape index (κ2) is 5.22. The van der Waals surface area contributed by atoms with Crippen molar-refractivity contribution < 1.29 is 22.4 Å². The summed E-state index contributed by atoms with van der Waals surface area (Å²) in [5.41, 5.74) is -0.542. The van der Waals surface area contributed by atoms with Crippen molar-refractivity contribution in [3.8, 4) is 0 Å². The van der Waals surface area contributed by atoms with E-state index in [1.54, 1.807) is 13.8 Å². The molecule has 2 aromatic rings. The van der Waals surface area contributed by atoms with Crippen LogP contribution in [-0.2, 0) is 11.6 Å². The Hall–Kier alpha value is -1.76. The molecule has 0 atom stereocenters. The molecular formula is C14H11F4NOS. The third-order valence-electron chi connectivity index (χ3n) is 3.11. The van der Waals surface area contributed by atoms with Gasteiger partial charge in [-0.1, -0.05) is 12.1 Å². The third-order valence-corrected chi connectivity index (χ3v) is 4.15. The van der Waals surface area contributed by atoms with Gasteiger partial charge in [0, 0.05) is 6.20 Å². The fourth-order valence-electron chi connectivity index (χ4n) is 1.82. The van der Waals surface area contributed by atoms with Crippen LogP contribution in [-0.4, -0.2) is 10.8 Å². The molecule has 0 bridgehead atoms. The molecule has 0 aliphatic heterocycles. The van der Waals surface area contributed by atoms with Gasteiger partial charge in [0.1, 0.15) is 5.82 Å². The molecule has 1 heterocycles. The fraction of sp³-hybridized carbons (Fsp3) is 0.286. The van der Waals surface area contributed by atoms with E-state index in [0.29, 0.717) is 16.9 Å². The van der Waals surface area contributed by atoms with E-state index >= 15 is 0 Å². The van der Waals surface area contributed by atoms with Crippen molar-refractivity contribution in [2.75, 3.05) is 0 Å². The number of aromatic nitrogens is 1. The molecule has 21 heavy (non-hydrogen) atoms. The molecule has 0 amide bonds. The van der Waals surface area contributed by atoms with E-state index in [0.717, 1.165) is 6.20 Å². The van der Waals surface area contributed by atoms with Crippen molar-refractivity contribution in [1.82, 2.24) is 4.98 Å². The topological polar surface area (TPSA) is 30.0 Å². The van der Waals surface area contributed by atoms with E-state index in [2.05, 4.69) is 4.98 Å². The van der Waals surface area contributed by atoms with Crippen molar-refractivity contribution in [3.05, 3.63) is 51.7 Å². The number of benzene rings is 1. The third kappa shape index (κ3) is 3.12. The molecule has 1 aromatic carbocycles. The zero-order chi connectivity index (χ0) is 15.8. The summed E-state index contributed by atoms with van der Waals surface area (Å²) < 4.78 is 50.5. The largest absolute Gasteiger partial charge is 0.443 e. The smallest absolute Gasteiger partial charge is 0.292 e. The Balaban J connectivity index is 2.34. The molecule has 0 spiro atoms. The van der Waals surface area contributed by atoms with Crippen LogP contribution < -0.4 is 0 Å². The molecular weight excluding hydrogens is 306 g/mol. The Morgan fingerprint density at radius 3 is 2.19 bits per heavy atom. The normalized spacial score (nSPS) is 12.5. The van der Waals surface area contributed by atoms with Crippen LogP contribution in [0.15, 0.2) is 30.5 Å². The van der Waals surface area contributed by atoms with E-state index in [-0.39, 0.29) is 4.88 Å². The number of nitrogens with zero attached hydrogens (tertiary/aromatic N) is 1. The Bertz CT molecular complexity index is 658. The minimum absolute atomic E-state index is 0.0725. The average Bonchev–Trinajstić information content (AvgIpc) is 2.87. The molecule has 0 aliphatic carbocycles. The number of ketones is 1. The lowest BCUT2D eigenvalue weighted by atomic mass is 9.80. The number of rotatable bonds is 3. The van der Waals surface area contributed by atoms with Crippen LogP contribution in [0.3, 0.4) is 0 Å². The molecule has 0 aliphatic rings. The van der Waals surface area contributed by atoms with Gasteiger partial charge in [-0.25, -0.2) is 9.37 Å². The van der Waals surface area contributed by atoms with Gasteiger partial charge >= 0.3 is 6.18 Å². The van der Waals surface area contributed by atoms with E-state index in [9.17, 15) is 22.4 Å². The molecule has 112 valence electrons. The quantitative estimate of drug-likeness (QED) is 0.618. The number of hydrogen-bond acceptors (Lipinski definition) is 3. The van der Waals surface area contributed by atoms with E-state index in [1.165, 1.54) is 24.3 Å². The number of hydrogen-bond donors (Lipinski definition) is 0. The number of carbonyl (C=O) groups excluding carboxylic acids is 1. The van der Waals surface area contributed by atoms with Gasteiger partial charge in [-0.05, 0) is 31.5 Å². The van der Waals surface area contributed by atoms with Crippen molar-refractivity contribution in [2.24, 2.45) is 0 Å². The highest BCUT2D eigenvalue weighted by Crippen LogP contribution is 2.35.